The van der Waals surface area contributed by atoms with Gasteiger partial charge in [0, 0.05) is 17.7 Å². The van der Waals surface area contributed by atoms with E-state index in [0.717, 1.165) is 23.2 Å². The van der Waals surface area contributed by atoms with Gasteiger partial charge in [-0.2, -0.15) is 0 Å². The molecule has 2 aromatic rings. The minimum absolute atomic E-state index is 0.00694. The molecule has 0 spiro atoms. The molecule has 3 fully saturated rings. The van der Waals surface area contributed by atoms with E-state index in [4.69, 9.17) is 4.74 Å². The molecule has 156 valence electrons. The molecule has 5 rings (SSSR count). The van der Waals surface area contributed by atoms with Gasteiger partial charge < -0.3 is 4.74 Å². The quantitative estimate of drug-likeness (QED) is 0.597. The Hall–Kier alpha value is -2.49. The summed E-state index contributed by atoms with van der Waals surface area (Å²) in [6, 6.07) is 10.5. The van der Waals surface area contributed by atoms with Crippen molar-refractivity contribution < 1.29 is 13.9 Å². The summed E-state index contributed by atoms with van der Waals surface area (Å²) in [4.78, 5) is 17.0. The van der Waals surface area contributed by atoms with E-state index in [0.29, 0.717) is 17.8 Å². The molecule has 3 nitrogen and oxygen atoms in total. The molecule has 0 bridgehead atoms. The molecule has 0 radical (unpaired) electrons. The first-order valence-electron chi connectivity index (χ1n) is 11.2. The maximum Gasteiger partial charge on any atom is 0.309 e. The molecule has 4 heteroatoms. The zero-order valence-electron chi connectivity index (χ0n) is 17.3. The maximum atomic E-state index is 13.5. The van der Waals surface area contributed by atoms with Gasteiger partial charge in [-0.25, -0.2) is 4.39 Å². The third-order valence-corrected chi connectivity index (χ3v) is 7.51. The molecule has 30 heavy (non-hydrogen) atoms. The van der Waals surface area contributed by atoms with Crippen molar-refractivity contribution in [1.29, 1.82) is 0 Å². The number of rotatable bonds is 3. The largest absolute Gasteiger partial charge is 0.462 e. The molecule has 0 amide bonds. The second-order valence-electron chi connectivity index (χ2n) is 9.19. The second kappa shape index (κ2) is 7.98. The van der Waals surface area contributed by atoms with Gasteiger partial charge in [0.25, 0.3) is 0 Å². The van der Waals surface area contributed by atoms with Crippen LogP contribution in [0.2, 0.25) is 0 Å². The van der Waals surface area contributed by atoms with Crippen molar-refractivity contribution in [3.8, 4) is 11.1 Å². The number of ether oxygens (including phenoxy) is 1. The average Bonchev–Trinajstić information content (AvgIpc) is 3.05. The Bertz CT molecular complexity index is 954. The molecule has 4 unspecified atom stereocenters. The number of hydrogen-bond acceptors (Lipinski definition) is 3. The topological polar surface area (TPSA) is 39.2 Å². The van der Waals surface area contributed by atoms with Gasteiger partial charge in [0.15, 0.2) is 0 Å². The van der Waals surface area contributed by atoms with Crippen molar-refractivity contribution in [2.24, 2.45) is 29.6 Å². The van der Waals surface area contributed by atoms with Gasteiger partial charge >= 0.3 is 5.97 Å². The van der Waals surface area contributed by atoms with E-state index < -0.39 is 0 Å². The molecular formula is C26H28FNO2. The fourth-order valence-corrected chi connectivity index (χ4v) is 6.14. The van der Waals surface area contributed by atoms with E-state index in [9.17, 15) is 9.18 Å². The van der Waals surface area contributed by atoms with Crippen LogP contribution >= 0.6 is 0 Å². The van der Waals surface area contributed by atoms with Crippen molar-refractivity contribution in [3.05, 3.63) is 60.2 Å². The van der Waals surface area contributed by atoms with Crippen LogP contribution in [0.25, 0.3) is 17.2 Å². The van der Waals surface area contributed by atoms with Crippen LogP contribution < -0.4 is 0 Å². The lowest BCUT2D eigenvalue weighted by Crippen LogP contribution is -2.42. The molecule has 1 aliphatic heterocycles. The number of carbonyl (C=O) groups is 1. The molecular weight excluding hydrogens is 377 g/mol. The number of benzene rings is 1. The van der Waals surface area contributed by atoms with Crippen LogP contribution in [0.15, 0.2) is 48.7 Å². The summed E-state index contributed by atoms with van der Waals surface area (Å²) < 4.78 is 19.1. The van der Waals surface area contributed by atoms with Crippen LogP contribution in [0.1, 0.15) is 44.7 Å². The summed E-state index contributed by atoms with van der Waals surface area (Å²) in [6.07, 6.45) is 12.2. The first kappa shape index (κ1) is 19.5. The van der Waals surface area contributed by atoms with Gasteiger partial charge in [-0.3, -0.25) is 9.78 Å². The number of pyridine rings is 1. The number of carbonyl (C=O) groups excluding carboxylic acids is 1. The molecule has 6 atom stereocenters. The lowest BCUT2D eigenvalue weighted by Gasteiger charge is -2.45. The van der Waals surface area contributed by atoms with Gasteiger partial charge in [-0.05, 0) is 67.4 Å². The number of nitrogens with zero attached hydrogens (tertiary/aromatic N) is 1. The normalized spacial score (nSPS) is 33.2. The van der Waals surface area contributed by atoms with Crippen LogP contribution in [0.5, 0.6) is 0 Å². The number of fused-ring (bicyclic) bond motifs is 2. The highest BCUT2D eigenvalue weighted by Gasteiger charge is 2.53. The highest BCUT2D eigenvalue weighted by atomic mass is 19.1. The second-order valence-corrected chi connectivity index (χ2v) is 9.19. The van der Waals surface area contributed by atoms with Crippen molar-refractivity contribution in [3.63, 3.8) is 0 Å². The summed E-state index contributed by atoms with van der Waals surface area (Å²) in [5.41, 5.74) is 2.62. The van der Waals surface area contributed by atoms with E-state index in [1.165, 1.54) is 37.8 Å². The molecule has 1 aromatic carbocycles. The van der Waals surface area contributed by atoms with Crippen molar-refractivity contribution in [2.75, 3.05) is 0 Å². The number of halogens is 1. The zero-order chi connectivity index (χ0) is 20.7. The average molecular weight is 406 g/mol. The molecule has 1 aromatic heterocycles. The Morgan fingerprint density at radius 3 is 2.80 bits per heavy atom. The highest BCUT2D eigenvalue weighted by molar-refractivity contribution is 5.75. The zero-order valence-corrected chi connectivity index (χ0v) is 17.3. The predicted molar refractivity (Wildman–Crippen MR) is 115 cm³/mol. The SMILES string of the molecule is CC1OC(=O)C2CC3CCCC[C@H]3[C@H](/C=C/c3ccc(-c4cccc(F)c4)cn3)C12. The predicted octanol–water partition coefficient (Wildman–Crippen LogP) is 5.90. The van der Waals surface area contributed by atoms with E-state index >= 15 is 0 Å². The van der Waals surface area contributed by atoms with Crippen LogP contribution in [-0.2, 0) is 9.53 Å². The summed E-state index contributed by atoms with van der Waals surface area (Å²) >= 11 is 0. The number of cyclic esters (lactones) is 1. The smallest absolute Gasteiger partial charge is 0.309 e. The van der Waals surface area contributed by atoms with Gasteiger partial charge in [0.05, 0.1) is 11.6 Å². The Labute approximate surface area is 177 Å². The molecule has 0 N–H and O–H groups in total. The van der Waals surface area contributed by atoms with Gasteiger partial charge in [-0.1, -0.05) is 43.5 Å². The minimum Gasteiger partial charge on any atom is -0.462 e. The molecule has 2 heterocycles. The third kappa shape index (κ3) is 3.57. The summed E-state index contributed by atoms with van der Waals surface area (Å²) in [6.45, 7) is 2.05. The third-order valence-electron chi connectivity index (χ3n) is 7.51. The van der Waals surface area contributed by atoms with Gasteiger partial charge in [-0.15, -0.1) is 0 Å². The van der Waals surface area contributed by atoms with Gasteiger partial charge in [0.1, 0.15) is 11.9 Å². The highest BCUT2D eigenvalue weighted by Crippen LogP contribution is 2.53. The molecule has 2 aliphatic carbocycles. The van der Waals surface area contributed by atoms with Crippen LogP contribution in [0, 0.1) is 35.4 Å². The lowest BCUT2D eigenvalue weighted by molar-refractivity contribution is -0.144. The minimum atomic E-state index is -0.243. The molecule has 1 saturated heterocycles. The van der Waals surface area contributed by atoms with E-state index in [1.54, 1.807) is 12.3 Å². The summed E-state index contributed by atoms with van der Waals surface area (Å²) in [7, 11) is 0. The Morgan fingerprint density at radius 2 is 2.00 bits per heavy atom. The fraction of sp³-hybridized carbons (Fsp3) is 0.462. The maximum absolute atomic E-state index is 13.5. The fourth-order valence-electron chi connectivity index (χ4n) is 6.14. The number of esters is 1. The number of hydrogen-bond donors (Lipinski definition) is 0. The number of allylic oxidation sites excluding steroid dienone is 1. The van der Waals surface area contributed by atoms with Gasteiger partial charge in [0.2, 0.25) is 0 Å². The van der Waals surface area contributed by atoms with E-state index in [-0.39, 0.29) is 29.7 Å². The first-order valence-corrected chi connectivity index (χ1v) is 11.2. The Kier molecular flexibility index (Phi) is 5.18. The van der Waals surface area contributed by atoms with Crippen molar-refractivity contribution in [2.45, 2.75) is 45.1 Å². The molecule has 3 aliphatic rings. The Morgan fingerprint density at radius 1 is 1.13 bits per heavy atom. The van der Waals surface area contributed by atoms with Crippen LogP contribution in [-0.4, -0.2) is 17.1 Å². The van der Waals surface area contributed by atoms with E-state index in [2.05, 4.69) is 24.1 Å². The van der Waals surface area contributed by atoms with E-state index in [1.807, 2.05) is 18.2 Å². The van der Waals surface area contributed by atoms with Crippen molar-refractivity contribution >= 4 is 12.0 Å². The summed E-state index contributed by atoms with van der Waals surface area (Å²) in [5, 5.41) is 0. The summed E-state index contributed by atoms with van der Waals surface area (Å²) in [5.74, 6) is 1.73. The molecule has 2 saturated carbocycles. The monoisotopic (exact) mass is 405 g/mol. The lowest BCUT2D eigenvalue weighted by atomic mass is 9.57. The first-order chi connectivity index (χ1) is 14.6. The standard InChI is InChI=1S/C26H28FNO2/c1-16-25-23(22-8-3-2-5-18(22)14-24(25)26(29)30-16)12-11-21-10-9-19(15-28-21)17-6-4-7-20(27)13-17/h4,6-7,9-13,15-16,18,22-25H,2-3,5,8,14H2,1H3/b12-11+/t16?,18?,22-,23+,24?,25?/m1/s1. The number of aromatic nitrogens is 1. The Balaban J connectivity index is 1.39. The van der Waals surface area contributed by atoms with Crippen molar-refractivity contribution in [1.82, 2.24) is 4.98 Å². The van der Waals surface area contributed by atoms with Crippen LogP contribution in [0.4, 0.5) is 4.39 Å². The van der Waals surface area contributed by atoms with Crippen LogP contribution in [0.3, 0.4) is 0 Å².